The zero-order valence-electron chi connectivity index (χ0n) is 8.44. The Kier molecular flexibility index (Phi) is 2.00. The summed E-state index contributed by atoms with van der Waals surface area (Å²) in [6.45, 7) is 4.63. The van der Waals surface area contributed by atoms with Crippen LogP contribution in [0.25, 0.3) is 11.0 Å². The molecule has 2 rings (SSSR count). The molecule has 74 valence electrons. The predicted molar refractivity (Wildman–Crippen MR) is 55.8 cm³/mol. The first-order valence-electron chi connectivity index (χ1n) is 4.63. The maximum absolute atomic E-state index is 5.93. The highest BCUT2D eigenvalue weighted by Gasteiger charge is 2.14. The molecule has 0 aliphatic heterocycles. The van der Waals surface area contributed by atoms with Crippen LogP contribution in [0.3, 0.4) is 0 Å². The van der Waals surface area contributed by atoms with E-state index in [4.69, 9.17) is 5.73 Å². The maximum atomic E-state index is 5.93. The van der Waals surface area contributed by atoms with Crippen LogP contribution in [0.5, 0.6) is 0 Å². The van der Waals surface area contributed by atoms with Crippen molar-refractivity contribution in [2.75, 3.05) is 0 Å². The van der Waals surface area contributed by atoms with Crippen molar-refractivity contribution in [1.82, 2.24) is 15.0 Å². The Morgan fingerprint density at radius 2 is 2.07 bits per heavy atom. The summed E-state index contributed by atoms with van der Waals surface area (Å²) in [5.74, 6) is 0. The summed E-state index contributed by atoms with van der Waals surface area (Å²) in [6.07, 6.45) is 0. The number of para-hydroxylation sites is 1. The first kappa shape index (κ1) is 9.15. The number of hydrogen-bond acceptors (Lipinski definition) is 3. The van der Waals surface area contributed by atoms with E-state index >= 15 is 0 Å². The summed E-state index contributed by atoms with van der Waals surface area (Å²) in [6, 6.07) is 7.88. The molecular formula is C10H14N4. The normalized spacial score (nSPS) is 12.2. The second kappa shape index (κ2) is 3.06. The summed E-state index contributed by atoms with van der Waals surface area (Å²) in [7, 11) is 0. The number of hydrogen-bond donors (Lipinski definition) is 1. The van der Waals surface area contributed by atoms with Crippen LogP contribution in [0.15, 0.2) is 24.3 Å². The lowest BCUT2D eigenvalue weighted by Gasteiger charge is -2.17. The maximum Gasteiger partial charge on any atom is 0.113 e. The van der Waals surface area contributed by atoms with Crippen molar-refractivity contribution < 1.29 is 0 Å². The van der Waals surface area contributed by atoms with E-state index in [2.05, 4.69) is 10.3 Å². The van der Waals surface area contributed by atoms with Crippen molar-refractivity contribution >= 4 is 11.0 Å². The van der Waals surface area contributed by atoms with E-state index in [1.165, 1.54) is 0 Å². The molecule has 2 aromatic rings. The first-order valence-corrected chi connectivity index (χ1v) is 4.63. The van der Waals surface area contributed by atoms with Gasteiger partial charge in [-0.1, -0.05) is 17.3 Å². The van der Waals surface area contributed by atoms with Gasteiger partial charge >= 0.3 is 0 Å². The van der Waals surface area contributed by atoms with Crippen LogP contribution in [0.4, 0.5) is 0 Å². The van der Waals surface area contributed by atoms with Gasteiger partial charge in [0.2, 0.25) is 0 Å². The lowest BCUT2D eigenvalue weighted by molar-refractivity contribution is 0.409. The molecule has 4 nitrogen and oxygen atoms in total. The van der Waals surface area contributed by atoms with E-state index in [0.29, 0.717) is 6.54 Å². The van der Waals surface area contributed by atoms with E-state index < -0.39 is 0 Å². The fraction of sp³-hybridized carbons (Fsp3) is 0.400. The van der Waals surface area contributed by atoms with Crippen LogP contribution in [-0.2, 0) is 6.54 Å². The second-order valence-electron chi connectivity index (χ2n) is 4.22. The molecule has 0 amide bonds. The van der Waals surface area contributed by atoms with Gasteiger partial charge in [-0.25, -0.2) is 4.68 Å². The van der Waals surface area contributed by atoms with Gasteiger partial charge in [0.05, 0.1) is 12.1 Å². The molecule has 0 saturated heterocycles. The van der Waals surface area contributed by atoms with Gasteiger partial charge in [0.15, 0.2) is 0 Å². The molecule has 0 aliphatic carbocycles. The zero-order chi connectivity index (χ0) is 10.2. The molecule has 1 aromatic heterocycles. The van der Waals surface area contributed by atoms with Crippen molar-refractivity contribution in [3.05, 3.63) is 24.3 Å². The van der Waals surface area contributed by atoms with Crippen molar-refractivity contribution in [2.45, 2.75) is 25.9 Å². The average Bonchev–Trinajstić information content (AvgIpc) is 2.47. The molecule has 0 radical (unpaired) electrons. The highest BCUT2D eigenvalue weighted by molar-refractivity contribution is 5.73. The molecule has 4 heteroatoms. The molecule has 1 aromatic carbocycles. The molecule has 0 spiro atoms. The van der Waals surface area contributed by atoms with Gasteiger partial charge in [0.1, 0.15) is 5.52 Å². The topological polar surface area (TPSA) is 56.7 Å². The SMILES string of the molecule is CC(C)(N)Cn1nnc2ccccc21. The Balaban J connectivity index is 2.44. The molecule has 0 saturated carbocycles. The summed E-state index contributed by atoms with van der Waals surface area (Å²) in [5, 5.41) is 8.13. The highest BCUT2D eigenvalue weighted by Crippen LogP contribution is 2.12. The van der Waals surface area contributed by atoms with Crippen LogP contribution in [0.1, 0.15) is 13.8 Å². The monoisotopic (exact) mass is 190 g/mol. The van der Waals surface area contributed by atoms with Crippen molar-refractivity contribution in [1.29, 1.82) is 0 Å². The Bertz CT molecular complexity index is 439. The van der Waals surface area contributed by atoms with Crippen molar-refractivity contribution in [3.8, 4) is 0 Å². The summed E-state index contributed by atoms with van der Waals surface area (Å²) < 4.78 is 1.84. The van der Waals surface area contributed by atoms with Crippen molar-refractivity contribution in [2.24, 2.45) is 5.73 Å². The Morgan fingerprint density at radius 3 is 2.79 bits per heavy atom. The van der Waals surface area contributed by atoms with E-state index in [1.54, 1.807) is 0 Å². The first-order chi connectivity index (χ1) is 6.56. The molecule has 0 bridgehead atoms. The van der Waals surface area contributed by atoms with Crippen LogP contribution in [0.2, 0.25) is 0 Å². The van der Waals surface area contributed by atoms with Gasteiger partial charge in [-0.15, -0.1) is 5.10 Å². The van der Waals surface area contributed by atoms with E-state index in [1.807, 2.05) is 42.8 Å². The molecule has 2 N–H and O–H groups in total. The molecule has 1 heterocycles. The summed E-state index contributed by atoms with van der Waals surface area (Å²) in [4.78, 5) is 0. The third-order valence-electron chi connectivity index (χ3n) is 1.98. The van der Waals surface area contributed by atoms with Gasteiger partial charge in [0, 0.05) is 5.54 Å². The van der Waals surface area contributed by atoms with Crippen LogP contribution in [0, 0.1) is 0 Å². The number of nitrogens with two attached hydrogens (primary N) is 1. The fourth-order valence-electron chi connectivity index (χ4n) is 1.42. The number of fused-ring (bicyclic) bond motifs is 1. The molecule has 0 unspecified atom stereocenters. The fourth-order valence-corrected chi connectivity index (χ4v) is 1.42. The van der Waals surface area contributed by atoms with Gasteiger partial charge < -0.3 is 5.73 Å². The summed E-state index contributed by atoms with van der Waals surface area (Å²) >= 11 is 0. The predicted octanol–water partition coefficient (Wildman–Crippen LogP) is 1.17. The molecule has 14 heavy (non-hydrogen) atoms. The molecule has 0 fully saturated rings. The van der Waals surface area contributed by atoms with Gasteiger partial charge in [-0.3, -0.25) is 0 Å². The minimum absolute atomic E-state index is 0.267. The zero-order valence-corrected chi connectivity index (χ0v) is 8.44. The number of nitrogens with zero attached hydrogens (tertiary/aromatic N) is 3. The van der Waals surface area contributed by atoms with Gasteiger partial charge in [-0.2, -0.15) is 0 Å². The third kappa shape index (κ3) is 1.75. The molecule has 0 atom stereocenters. The lowest BCUT2D eigenvalue weighted by atomic mass is 10.1. The van der Waals surface area contributed by atoms with Crippen LogP contribution >= 0.6 is 0 Å². The average molecular weight is 190 g/mol. The Hall–Kier alpha value is -1.42. The van der Waals surface area contributed by atoms with Crippen molar-refractivity contribution in [3.63, 3.8) is 0 Å². The minimum atomic E-state index is -0.267. The quantitative estimate of drug-likeness (QED) is 0.773. The van der Waals surface area contributed by atoms with E-state index in [0.717, 1.165) is 11.0 Å². The minimum Gasteiger partial charge on any atom is -0.324 e. The molecule has 0 aliphatic rings. The summed E-state index contributed by atoms with van der Waals surface area (Å²) in [5.41, 5.74) is 7.61. The smallest absolute Gasteiger partial charge is 0.113 e. The van der Waals surface area contributed by atoms with E-state index in [-0.39, 0.29) is 5.54 Å². The Labute approximate surface area is 82.7 Å². The lowest BCUT2D eigenvalue weighted by Crippen LogP contribution is -2.37. The van der Waals surface area contributed by atoms with Crippen LogP contribution < -0.4 is 5.73 Å². The largest absolute Gasteiger partial charge is 0.324 e. The number of rotatable bonds is 2. The number of aromatic nitrogens is 3. The standard InChI is InChI=1S/C10H14N4/c1-10(2,11)7-14-9-6-4-3-5-8(9)12-13-14/h3-6H,7,11H2,1-2H3. The highest BCUT2D eigenvalue weighted by atomic mass is 15.4. The Morgan fingerprint density at radius 1 is 1.36 bits per heavy atom. The third-order valence-corrected chi connectivity index (χ3v) is 1.98. The van der Waals surface area contributed by atoms with Gasteiger partial charge in [-0.05, 0) is 26.0 Å². The molecular weight excluding hydrogens is 176 g/mol. The van der Waals surface area contributed by atoms with E-state index in [9.17, 15) is 0 Å². The number of benzene rings is 1. The van der Waals surface area contributed by atoms with Crippen LogP contribution in [-0.4, -0.2) is 20.5 Å². The second-order valence-corrected chi connectivity index (χ2v) is 4.22. The van der Waals surface area contributed by atoms with Gasteiger partial charge in [0.25, 0.3) is 0 Å².